The van der Waals surface area contributed by atoms with E-state index < -0.39 is 0 Å². The molecule has 76 valence electrons. The van der Waals surface area contributed by atoms with Gasteiger partial charge in [-0.2, -0.15) is 0 Å². The highest BCUT2D eigenvalue weighted by molar-refractivity contribution is 9.11. The lowest BCUT2D eigenvalue weighted by Crippen LogP contribution is -2.33. The standard InChI is InChI=1S/C10H18BrNO/c1-9(11)7-12(2)8-10-5-3-4-6-13-10/h10H,1,3-8H2,2H3/t10-/m1/s1. The molecular weight excluding hydrogens is 230 g/mol. The SMILES string of the molecule is C=C(Br)CN(C)C[C@H]1CCCCO1. The Hall–Kier alpha value is 0.140. The highest BCUT2D eigenvalue weighted by Crippen LogP contribution is 2.14. The molecule has 13 heavy (non-hydrogen) atoms. The molecule has 1 heterocycles. The maximum Gasteiger partial charge on any atom is 0.0702 e. The van der Waals surface area contributed by atoms with Crippen LogP contribution in [0.15, 0.2) is 11.1 Å². The van der Waals surface area contributed by atoms with Gasteiger partial charge in [0.05, 0.1) is 6.10 Å². The Morgan fingerprint density at radius 2 is 2.38 bits per heavy atom. The monoisotopic (exact) mass is 247 g/mol. The minimum absolute atomic E-state index is 0.436. The van der Waals surface area contributed by atoms with Crippen LogP contribution in [-0.4, -0.2) is 37.7 Å². The Labute approximate surface area is 89.1 Å². The molecule has 1 atom stereocenters. The molecule has 0 amide bonds. The normalized spacial score (nSPS) is 23.5. The van der Waals surface area contributed by atoms with E-state index in [-0.39, 0.29) is 0 Å². The molecule has 0 aromatic heterocycles. The van der Waals surface area contributed by atoms with Crippen LogP contribution < -0.4 is 0 Å². The molecule has 0 radical (unpaired) electrons. The quantitative estimate of drug-likeness (QED) is 0.757. The molecule has 0 unspecified atom stereocenters. The van der Waals surface area contributed by atoms with Gasteiger partial charge >= 0.3 is 0 Å². The average Bonchev–Trinajstić information content (AvgIpc) is 2.04. The zero-order chi connectivity index (χ0) is 9.68. The summed E-state index contributed by atoms with van der Waals surface area (Å²) < 4.78 is 6.68. The van der Waals surface area contributed by atoms with E-state index >= 15 is 0 Å². The highest BCUT2D eigenvalue weighted by atomic mass is 79.9. The van der Waals surface area contributed by atoms with Gasteiger partial charge in [-0.3, -0.25) is 4.90 Å². The van der Waals surface area contributed by atoms with Crippen molar-refractivity contribution in [3.8, 4) is 0 Å². The summed E-state index contributed by atoms with van der Waals surface area (Å²) in [6.45, 7) is 6.68. The number of hydrogen-bond donors (Lipinski definition) is 0. The van der Waals surface area contributed by atoms with Crippen molar-refractivity contribution >= 4 is 15.9 Å². The minimum atomic E-state index is 0.436. The van der Waals surface area contributed by atoms with E-state index in [1.807, 2.05) is 0 Å². The van der Waals surface area contributed by atoms with E-state index in [4.69, 9.17) is 4.74 Å². The van der Waals surface area contributed by atoms with Crippen molar-refractivity contribution in [2.24, 2.45) is 0 Å². The molecule has 2 nitrogen and oxygen atoms in total. The lowest BCUT2D eigenvalue weighted by molar-refractivity contribution is 0.000126. The fourth-order valence-corrected chi connectivity index (χ4v) is 2.08. The molecule has 0 N–H and O–H groups in total. The Morgan fingerprint density at radius 3 is 2.92 bits per heavy atom. The van der Waals surface area contributed by atoms with E-state index in [1.54, 1.807) is 0 Å². The van der Waals surface area contributed by atoms with Crippen LogP contribution in [-0.2, 0) is 4.74 Å². The first-order valence-electron chi connectivity index (χ1n) is 4.82. The van der Waals surface area contributed by atoms with Crippen LogP contribution in [0.4, 0.5) is 0 Å². The molecule has 3 heteroatoms. The number of likely N-dealkylation sites (N-methyl/N-ethyl adjacent to an activating group) is 1. The van der Waals surface area contributed by atoms with Crippen molar-refractivity contribution < 1.29 is 4.74 Å². The third-order valence-electron chi connectivity index (χ3n) is 2.23. The molecule has 0 aromatic rings. The van der Waals surface area contributed by atoms with Gasteiger partial charge in [0.2, 0.25) is 0 Å². The van der Waals surface area contributed by atoms with E-state index in [9.17, 15) is 0 Å². The Balaban J connectivity index is 2.18. The largest absolute Gasteiger partial charge is 0.377 e. The van der Waals surface area contributed by atoms with Crippen LogP contribution in [0.5, 0.6) is 0 Å². The number of halogens is 1. The van der Waals surface area contributed by atoms with Crippen LogP contribution in [0.2, 0.25) is 0 Å². The summed E-state index contributed by atoms with van der Waals surface area (Å²) in [6.07, 6.45) is 4.18. The fourth-order valence-electron chi connectivity index (χ4n) is 1.66. The van der Waals surface area contributed by atoms with Crippen molar-refractivity contribution in [2.75, 3.05) is 26.7 Å². The van der Waals surface area contributed by atoms with Gasteiger partial charge in [-0.25, -0.2) is 0 Å². The molecule has 1 aliphatic heterocycles. The first-order valence-corrected chi connectivity index (χ1v) is 5.61. The second kappa shape index (κ2) is 5.78. The summed E-state index contributed by atoms with van der Waals surface area (Å²) in [5.74, 6) is 0. The van der Waals surface area contributed by atoms with E-state index in [1.165, 1.54) is 19.3 Å². The van der Waals surface area contributed by atoms with Gasteiger partial charge in [-0.1, -0.05) is 22.5 Å². The maximum atomic E-state index is 5.64. The van der Waals surface area contributed by atoms with Crippen molar-refractivity contribution in [2.45, 2.75) is 25.4 Å². The van der Waals surface area contributed by atoms with Crippen molar-refractivity contribution in [3.63, 3.8) is 0 Å². The lowest BCUT2D eigenvalue weighted by atomic mass is 10.1. The smallest absolute Gasteiger partial charge is 0.0702 e. The van der Waals surface area contributed by atoms with Gasteiger partial charge in [-0.15, -0.1) is 0 Å². The molecule has 0 saturated carbocycles. The van der Waals surface area contributed by atoms with Gasteiger partial charge in [0.15, 0.2) is 0 Å². The topological polar surface area (TPSA) is 12.5 Å². The van der Waals surface area contributed by atoms with Gasteiger partial charge in [0, 0.05) is 24.2 Å². The van der Waals surface area contributed by atoms with E-state index in [0.29, 0.717) is 6.10 Å². The zero-order valence-corrected chi connectivity index (χ0v) is 9.85. The molecular formula is C10H18BrNO. The summed E-state index contributed by atoms with van der Waals surface area (Å²) in [4.78, 5) is 2.24. The zero-order valence-electron chi connectivity index (χ0n) is 8.26. The molecule has 1 saturated heterocycles. The first-order chi connectivity index (χ1) is 6.18. The fraction of sp³-hybridized carbons (Fsp3) is 0.800. The summed E-state index contributed by atoms with van der Waals surface area (Å²) in [6, 6.07) is 0. The van der Waals surface area contributed by atoms with Crippen molar-refractivity contribution in [1.82, 2.24) is 4.90 Å². The summed E-state index contributed by atoms with van der Waals surface area (Å²) in [5, 5.41) is 0. The lowest BCUT2D eigenvalue weighted by Gasteiger charge is -2.27. The van der Waals surface area contributed by atoms with Crippen LogP contribution in [0.1, 0.15) is 19.3 Å². The highest BCUT2D eigenvalue weighted by Gasteiger charge is 2.15. The molecule has 1 aliphatic rings. The Bertz CT molecular complexity index is 166. The summed E-state index contributed by atoms with van der Waals surface area (Å²) in [7, 11) is 2.10. The number of nitrogens with zero attached hydrogens (tertiary/aromatic N) is 1. The van der Waals surface area contributed by atoms with Crippen LogP contribution in [0.3, 0.4) is 0 Å². The van der Waals surface area contributed by atoms with E-state index in [2.05, 4.69) is 34.5 Å². The molecule has 0 aliphatic carbocycles. The minimum Gasteiger partial charge on any atom is -0.377 e. The molecule has 0 aromatic carbocycles. The first kappa shape index (κ1) is 11.2. The third kappa shape index (κ3) is 4.79. The van der Waals surface area contributed by atoms with E-state index in [0.717, 1.165) is 24.2 Å². The van der Waals surface area contributed by atoms with Crippen molar-refractivity contribution in [1.29, 1.82) is 0 Å². The second-order valence-electron chi connectivity index (χ2n) is 3.70. The summed E-state index contributed by atoms with van der Waals surface area (Å²) in [5.41, 5.74) is 0. The van der Waals surface area contributed by atoms with Crippen molar-refractivity contribution in [3.05, 3.63) is 11.1 Å². The number of rotatable bonds is 4. The maximum absolute atomic E-state index is 5.64. The van der Waals surface area contributed by atoms with Crippen LogP contribution in [0, 0.1) is 0 Å². The summed E-state index contributed by atoms with van der Waals surface area (Å²) >= 11 is 3.36. The predicted octanol–water partition coefficient (Wildman–Crippen LogP) is 2.40. The Morgan fingerprint density at radius 1 is 1.62 bits per heavy atom. The average molecular weight is 248 g/mol. The van der Waals surface area contributed by atoms with Gasteiger partial charge in [0.1, 0.15) is 0 Å². The third-order valence-corrected chi connectivity index (χ3v) is 2.48. The van der Waals surface area contributed by atoms with Crippen LogP contribution in [0.25, 0.3) is 0 Å². The second-order valence-corrected chi connectivity index (χ2v) is 4.82. The number of hydrogen-bond acceptors (Lipinski definition) is 2. The molecule has 0 bridgehead atoms. The van der Waals surface area contributed by atoms with Crippen LogP contribution >= 0.6 is 15.9 Å². The molecule has 1 fully saturated rings. The predicted molar refractivity (Wildman–Crippen MR) is 59.2 cm³/mol. The molecule has 0 spiro atoms. The molecule has 1 rings (SSSR count). The van der Waals surface area contributed by atoms with Gasteiger partial charge < -0.3 is 4.74 Å². The van der Waals surface area contributed by atoms with Gasteiger partial charge in [0.25, 0.3) is 0 Å². The number of ether oxygens (including phenoxy) is 1. The van der Waals surface area contributed by atoms with Gasteiger partial charge in [-0.05, 0) is 26.3 Å². The Kier molecular flexibility index (Phi) is 4.99.